The van der Waals surface area contributed by atoms with Crippen LogP contribution in [-0.4, -0.2) is 30.0 Å². The molecule has 1 heterocycles. The molecular formula is C17H23N3O3S. The van der Waals surface area contributed by atoms with E-state index in [2.05, 4.69) is 9.82 Å². The molecular weight excluding hydrogens is 326 g/mol. The van der Waals surface area contributed by atoms with Gasteiger partial charge in [0.25, 0.3) is 0 Å². The largest absolute Gasteiger partial charge is 0.294 e. The van der Waals surface area contributed by atoms with Gasteiger partial charge in [-0.15, -0.1) is 0 Å². The van der Waals surface area contributed by atoms with Crippen molar-refractivity contribution in [3.63, 3.8) is 0 Å². The number of rotatable bonds is 7. The zero-order chi connectivity index (χ0) is 17.9. The summed E-state index contributed by atoms with van der Waals surface area (Å²) in [5.41, 5.74) is 2.29. The van der Waals surface area contributed by atoms with Gasteiger partial charge in [0, 0.05) is 23.7 Å². The highest BCUT2D eigenvalue weighted by atomic mass is 32.2. The van der Waals surface area contributed by atoms with Crippen LogP contribution in [0.1, 0.15) is 42.0 Å². The van der Waals surface area contributed by atoms with E-state index in [1.54, 1.807) is 30.7 Å². The first kappa shape index (κ1) is 18.4. The third-order valence-electron chi connectivity index (χ3n) is 3.69. The van der Waals surface area contributed by atoms with Crippen molar-refractivity contribution in [2.75, 3.05) is 0 Å². The van der Waals surface area contributed by atoms with Crippen molar-refractivity contribution in [1.82, 2.24) is 14.5 Å². The summed E-state index contributed by atoms with van der Waals surface area (Å²) in [5.74, 6) is -0.0808. The number of hydrogen-bond acceptors (Lipinski definition) is 4. The van der Waals surface area contributed by atoms with Gasteiger partial charge in [-0.2, -0.15) is 5.10 Å². The second-order valence-electron chi connectivity index (χ2n) is 5.94. The molecule has 1 aromatic heterocycles. The van der Waals surface area contributed by atoms with Crippen LogP contribution in [0.2, 0.25) is 0 Å². The van der Waals surface area contributed by atoms with Crippen LogP contribution in [0.5, 0.6) is 0 Å². The molecule has 0 saturated carbocycles. The Morgan fingerprint density at radius 3 is 2.58 bits per heavy atom. The van der Waals surface area contributed by atoms with E-state index in [0.717, 1.165) is 11.4 Å². The summed E-state index contributed by atoms with van der Waals surface area (Å²) < 4.78 is 29.5. The number of nitrogens with zero attached hydrogens (tertiary/aromatic N) is 2. The van der Waals surface area contributed by atoms with Gasteiger partial charge in [-0.1, -0.05) is 19.1 Å². The summed E-state index contributed by atoms with van der Waals surface area (Å²) in [7, 11) is -3.69. The lowest BCUT2D eigenvalue weighted by molar-refractivity contribution is 0.0988. The number of carbonyl (C=O) groups excluding carboxylic acids is 1. The Balaban J connectivity index is 2.16. The highest BCUT2D eigenvalue weighted by molar-refractivity contribution is 7.89. The van der Waals surface area contributed by atoms with Gasteiger partial charge in [0.15, 0.2) is 5.78 Å². The Morgan fingerprint density at radius 1 is 1.29 bits per heavy atom. The molecule has 2 rings (SSSR count). The summed E-state index contributed by atoms with van der Waals surface area (Å²) in [6.07, 6.45) is 0.339. The molecule has 24 heavy (non-hydrogen) atoms. The number of carbonyl (C=O) groups is 1. The third kappa shape index (κ3) is 4.30. The molecule has 7 heteroatoms. The first-order valence-corrected chi connectivity index (χ1v) is 9.38. The van der Waals surface area contributed by atoms with Gasteiger partial charge < -0.3 is 0 Å². The monoisotopic (exact) mass is 349 g/mol. The van der Waals surface area contributed by atoms with Crippen molar-refractivity contribution in [2.45, 2.75) is 51.6 Å². The lowest BCUT2D eigenvalue weighted by Gasteiger charge is -2.15. The van der Waals surface area contributed by atoms with E-state index in [4.69, 9.17) is 0 Å². The standard InChI is InChI=1S/C17H23N3O3S/c1-5-17(21)15-7-6-8-16(10-15)24(22,23)19-13(3)11-20-14(4)9-12(2)18-20/h6-10,13,19H,5,11H2,1-4H3. The second kappa shape index (κ2) is 7.27. The lowest BCUT2D eigenvalue weighted by Crippen LogP contribution is -2.36. The van der Waals surface area contributed by atoms with Gasteiger partial charge >= 0.3 is 0 Å². The Hall–Kier alpha value is -1.99. The van der Waals surface area contributed by atoms with Gasteiger partial charge in [-0.05, 0) is 39.0 Å². The van der Waals surface area contributed by atoms with E-state index in [1.807, 2.05) is 19.9 Å². The quantitative estimate of drug-likeness (QED) is 0.779. The van der Waals surface area contributed by atoms with Gasteiger partial charge in [0.1, 0.15) is 0 Å². The smallest absolute Gasteiger partial charge is 0.240 e. The molecule has 0 amide bonds. The summed E-state index contributed by atoms with van der Waals surface area (Å²) in [5, 5.41) is 4.34. The van der Waals surface area contributed by atoms with Crippen LogP contribution in [0.15, 0.2) is 35.2 Å². The van der Waals surface area contributed by atoms with Crippen molar-refractivity contribution >= 4 is 15.8 Å². The van der Waals surface area contributed by atoms with Crippen LogP contribution in [0.3, 0.4) is 0 Å². The summed E-state index contributed by atoms with van der Waals surface area (Å²) >= 11 is 0. The number of aromatic nitrogens is 2. The highest BCUT2D eigenvalue weighted by Gasteiger charge is 2.19. The number of nitrogens with one attached hydrogen (secondary N) is 1. The van der Waals surface area contributed by atoms with Crippen LogP contribution in [0.4, 0.5) is 0 Å². The normalized spacial score (nSPS) is 13.0. The fourth-order valence-corrected chi connectivity index (χ4v) is 3.81. The lowest BCUT2D eigenvalue weighted by atomic mass is 10.1. The second-order valence-corrected chi connectivity index (χ2v) is 7.65. The summed E-state index contributed by atoms with van der Waals surface area (Å²) in [6, 6.07) is 7.74. The fraction of sp³-hybridized carbons (Fsp3) is 0.412. The minimum atomic E-state index is -3.69. The van der Waals surface area contributed by atoms with Crippen molar-refractivity contribution in [2.24, 2.45) is 0 Å². The maximum atomic E-state index is 12.5. The van der Waals surface area contributed by atoms with E-state index in [1.165, 1.54) is 12.1 Å². The number of sulfonamides is 1. The molecule has 1 unspecified atom stereocenters. The number of benzene rings is 1. The summed E-state index contributed by atoms with van der Waals surface area (Å²) in [4.78, 5) is 11.9. The molecule has 2 aromatic rings. The van der Waals surface area contributed by atoms with Crippen LogP contribution in [0.25, 0.3) is 0 Å². The van der Waals surface area contributed by atoms with Gasteiger partial charge in [0.05, 0.1) is 17.1 Å². The Labute approximate surface area is 142 Å². The molecule has 6 nitrogen and oxygen atoms in total. The molecule has 0 bridgehead atoms. The van der Waals surface area contributed by atoms with E-state index >= 15 is 0 Å². The predicted molar refractivity (Wildman–Crippen MR) is 92.5 cm³/mol. The molecule has 0 aliphatic rings. The average molecular weight is 349 g/mol. The van der Waals surface area contributed by atoms with Crippen LogP contribution in [-0.2, 0) is 16.6 Å². The highest BCUT2D eigenvalue weighted by Crippen LogP contribution is 2.14. The van der Waals surface area contributed by atoms with Gasteiger partial charge in [-0.3, -0.25) is 9.48 Å². The third-order valence-corrected chi connectivity index (χ3v) is 5.28. The number of aryl methyl sites for hydroxylation is 2. The minimum Gasteiger partial charge on any atom is -0.294 e. The molecule has 0 spiro atoms. The van der Waals surface area contributed by atoms with Gasteiger partial charge in [-0.25, -0.2) is 13.1 Å². The minimum absolute atomic E-state index is 0.0808. The van der Waals surface area contributed by atoms with Crippen molar-refractivity contribution in [1.29, 1.82) is 0 Å². The first-order chi connectivity index (χ1) is 11.2. The number of Topliss-reactive ketones (excluding diaryl/α,β-unsaturated/α-hetero) is 1. The van der Waals surface area contributed by atoms with Gasteiger partial charge in [0.2, 0.25) is 10.0 Å². The van der Waals surface area contributed by atoms with Crippen LogP contribution in [0, 0.1) is 13.8 Å². The maximum Gasteiger partial charge on any atom is 0.240 e. The zero-order valence-electron chi connectivity index (χ0n) is 14.4. The molecule has 0 saturated heterocycles. The Kier molecular flexibility index (Phi) is 5.56. The van der Waals surface area contributed by atoms with Crippen molar-refractivity contribution in [3.05, 3.63) is 47.3 Å². The number of ketones is 1. The van der Waals surface area contributed by atoms with Crippen LogP contribution >= 0.6 is 0 Å². The topological polar surface area (TPSA) is 81.1 Å². The molecule has 0 aliphatic carbocycles. The van der Waals surface area contributed by atoms with E-state index < -0.39 is 10.0 Å². The van der Waals surface area contributed by atoms with Crippen molar-refractivity contribution in [3.8, 4) is 0 Å². The number of hydrogen-bond donors (Lipinski definition) is 1. The van der Waals surface area contributed by atoms with E-state index in [-0.39, 0.29) is 16.7 Å². The Bertz CT molecular complexity index is 841. The molecule has 0 fully saturated rings. The molecule has 130 valence electrons. The first-order valence-electron chi connectivity index (χ1n) is 7.89. The fourth-order valence-electron chi connectivity index (χ4n) is 2.53. The molecule has 1 N–H and O–H groups in total. The maximum absolute atomic E-state index is 12.5. The molecule has 0 aliphatic heterocycles. The molecule has 1 aromatic carbocycles. The Morgan fingerprint density at radius 2 is 2.00 bits per heavy atom. The van der Waals surface area contributed by atoms with E-state index in [9.17, 15) is 13.2 Å². The average Bonchev–Trinajstić information content (AvgIpc) is 2.83. The predicted octanol–water partition coefficient (Wildman–Crippen LogP) is 2.46. The molecule has 1 atom stereocenters. The zero-order valence-corrected chi connectivity index (χ0v) is 15.2. The van der Waals surface area contributed by atoms with Crippen LogP contribution < -0.4 is 4.72 Å². The molecule has 0 radical (unpaired) electrons. The van der Waals surface area contributed by atoms with E-state index in [0.29, 0.717) is 18.5 Å². The van der Waals surface area contributed by atoms with Crippen molar-refractivity contribution < 1.29 is 13.2 Å². The SMILES string of the molecule is CCC(=O)c1cccc(S(=O)(=O)NC(C)Cn2nc(C)cc2C)c1. The summed E-state index contributed by atoms with van der Waals surface area (Å²) in [6.45, 7) is 7.80.